The van der Waals surface area contributed by atoms with Gasteiger partial charge in [0.05, 0.1) is 5.54 Å². The van der Waals surface area contributed by atoms with E-state index < -0.39 is 0 Å². The van der Waals surface area contributed by atoms with E-state index in [2.05, 4.69) is 36.5 Å². The maximum Gasteiger partial charge on any atom is 0.220 e. The topological polar surface area (TPSA) is 29.1 Å². The molecule has 110 valence electrons. The number of nitrogens with one attached hydrogen (secondary N) is 1. The van der Waals surface area contributed by atoms with Crippen molar-refractivity contribution in [3.05, 3.63) is 71.8 Å². The van der Waals surface area contributed by atoms with Gasteiger partial charge in [0.1, 0.15) is 0 Å². The molecule has 21 heavy (non-hydrogen) atoms. The first kappa shape index (κ1) is 15.3. The number of rotatable bonds is 6. The lowest BCUT2D eigenvalue weighted by Crippen LogP contribution is -2.45. The molecule has 0 spiro atoms. The predicted molar refractivity (Wildman–Crippen MR) is 87.0 cm³/mol. The van der Waals surface area contributed by atoms with Crippen molar-refractivity contribution in [2.45, 2.75) is 38.6 Å². The van der Waals surface area contributed by atoms with E-state index in [4.69, 9.17) is 0 Å². The Balaban J connectivity index is 2.27. The van der Waals surface area contributed by atoms with Crippen LogP contribution in [0.2, 0.25) is 0 Å². The molecule has 0 saturated heterocycles. The maximum absolute atomic E-state index is 12.1. The molecule has 0 aromatic heterocycles. The Morgan fingerprint density at radius 1 is 1.00 bits per heavy atom. The Labute approximate surface area is 127 Å². The summed E-state index contributed by atoms with van der Waals surface area (Å²) in [6, 6.07) is 20.5. The maximum atomic E-state index is 12.1. The fraction of sp³-hybridized carbons (Fsp3) is 0.316. The molecule has 1 atom stereocenters. The van der Waals surface area contributed by atoms with Crippen LogP contribution in [0.3, 0.4) is 0 Å². The molecule has 0 aliphatic rings. The third-order valence-electron chi connectivity index (χ3n) is 3.70. The van der Waals surface area contributed by atoms with E-state index in [9.17, 15) is 4.79 Å². The van der Waals surface area contributed by atoms with Crippen LogP contribution >= 0.6 is 0 Å². The Morgan fingerprint density at radius 3 is 2.14 bits per heavy atom. The molecular formula is C19H23NO. The van der Waals surface area contributed by atoms with Gasteiger partial charge in [-0.25, -0.2) is 0 Å². The summed E-state index contributed by atoms with van der Waals surface area (Å²) in [4.78, 5) is 12.1. The van der Waals surface area contributed by atoms with Gasteiger partial charge < -0.3 is 5.32 Å². The van der Waals surface area contributed by atoms with E-state index in [0.717, 1.165) is 18.4 Å². The summed E-state index contributed by atoms with van der Waals surface area (Å²) in [5.41, 5.74) is 1.98. The van der Waals surface area contributed by atoms with Crippen molar-refractivity contribution in [3.8, 4) is 0 Å². The van der Waals surface area contributed by atoms with Gasteiger partial charge in [-0.15, -0.1) is 0 Å². The molecule has 2 nitrogen and oxygen atoms in total. The number of benzene rings is 2. The molecule has 0 bridgehead atoms. The quantitative estimate of drug-likeness (QED) is 0.850. The van der Waals surface area contributed by atoms with Crippen molar-refractivity contribution in [2.24, 2.45) is 0 Å². The van der Waals surface area contributed by atoms with Gasteiger partial charge in [-0.05, 0) is 30.9 Å². The van der Waals surface area contributed by atoms with Crippen molar-refractivity contribution in [2.75, 3.05) is 0 Å². The minimum Gasteiger partial charge on any atom is -0.347 e. The minimum absolute atomic E-state index is 0.111. The molecule has 1 amide bonds. The standard InChI is InChI=1S/C19H23NO/c1-3-10-18(21)20-19(2,17-13-8-5-9-14-17)15-16-11-6-4-7-12-16/h4-9,11-14H,3,10,15H2,1-2H3,(H,20,21). The van der Waals surface area contributed by atoms with E-state index in [1.165, 1.54) is 5.56 Å². The molecule has 0 saturated carbocycles. The highest BCUT2D eigenvalue weighted by Gasteiger charge is 2.28. The third-order valence-corrected chi connectivity index (χ3v) is 3.70. The Hall–Kier alpha value is -2.09. The molecule has 2 rings (SSSR count). The van der Waals surface area contributed by atoms with Crippen LogP contribution in [0.4, 0.5) is 0 Å². The van der Waals surface area contributed by atoms with E-state index in [1.54, 1.807) is 0 Å². The predicted octanol–water partition coefficient (Wildman–Crippen LogP) is 4.06. The van der Waals surface area contributed by atoms with Crippen LogP contribution in [-0.4, -0.2) is 5.91 Å². The zero-order valence-corrected chi connectivity index (χ0v) is 12.8. The Bertz CT molecular complexity index is 565. The van der Waals surface area contributed by atoms with Crippen LogP contribution in [0.25, 0.3) is 0 Å². The molecule has 0 heterocycles. The van der Waals surface area contributed by atoms with Gasteiger partial charge in [0.2, 0.25) is 5.91 Å². The summed E-state index contributed by atoms with van der Waals surface area (Å²) in [7, 11) is 0. The summed E-state index contributed by atoms with van der Waals surface area (Å²) in [6.07, 6.45) is 2.21. The van der Waals surface area contributed by atoms with E-state index >= 15 is 0 Å². The number of hydrogen-bond acceptors (Lipinski definition) is 1. The van der Waals surface area contributed by atoms with Gasteiger partial charge in [-0.1, -0.05) is 67.6 Å². The molecule has 1 N–H and O–H groups in total. The largest absolute Gasteiger partial charge is 0.347 e. The van der Waals surface area contributed by atoms with Gasteiger partial charge in [0.15, 0.2) is 0 Å². The molecule has 2 heteroatoms. The second-order valence-corrected chi connectivity index (χ2v) is 5.66. The molecule has 0 aliphatic carbocycles. The Kier molecular flexibility index (Phi) is 5.15. The fourth-order valence-electron chi connectivity index (χ4n) is 2.63. The van der Waals surface area contributed by atoms with Crippen molar-refractivity contribution >= 4 is 5.91 Å². The average Bonchev–Trinajstić information content (AvgIpc) is 2.49. The van der Waals surface area contributed by atoms with E-state index in [1.807, 2.05) is 43.3 Å². The third kappa shape index (κ3) is 4.19. The average molecular weight is 281 g/mol. The normalized spacial score (nSPS) is 13.4. The van der Waals surface area contributed by atoms with E-state index in [0.29, 0.717) is 6.42 Å². The monoisotopic (exact) mass is 281 g/mol. The highest BCUT2D eigenvalue weighted by Crippen LogP contribution is 2.25. The summed E-state index contributed by atoms with van der Waals surface area (Å²) >= 11 is 0. The van der Waals surface area contributed by atoms with Gasteiger partial charge in [0.25, 0.3) is 0 Å². The molecule has 0 radical (unpaired) electrons. The van der Waals surface area contributed by atoms with Crippen LogP contribution in [0, 0.1) is 0 Å². The lowest BCUT2D eigenvalue weighted by Gasteiger charge is -2.32. The van der Waals surface area contributed by atoms with Crippen molar-refractivity contribution < 1.29 is 4.79 Å². The number of carbonyl (C=O) groups excluding carboxylic acids is 1. The van der Waals surface area contributed by atoms with Crippen molar-refractivity contribution in [1.29, 1.82) is 0 Å². The zero-order valence-electron chi connectivity index (χ0n) is 12.8. The summed E-state index contributed by atoms with van der Waals surface area (Å²) in [5, 5.41) is 3.22. The first-order valence-corrected chi connectivity index (χ1v) is 7.54. The lowest BCUT2D eigenvalue weighted by molar-refractivity contribution is -0.123. The number of amides is 1. The van der Waals surface area contributed by atoms with Crippen LogP contribution in [0.15, 0.2) is 60.7 Å². The van der Waals surface area contributed by atoms with E-state index in [-0.39, 0.29) is 11.4 Å². The number of hydrogen-bond donors (Lipinski definition) is 1. The van der Waals surface area contributed by atoms with Gasteiger partial charge in [-0.3, -0.25) is 4.79 Å². The highest BCUT2D eigenvalue weighted by atomic mass is 16.1. The summed E-state index contributed by atoms with van der Waals surface area (Å²) < 4.78 is 0. The van der Waals surface area contributed by atoms with Crippen molar-refractivity contribution in [1.82, 2.24) is 5.32 Å². The van der Waals surface area contributed by atoms with Gasteiger partial charge in [0, 0.05) is 6.42 Å². The second-order valence-electron chi connectivity index (χ2n) is 5.66. The first-order chi connectivity index (χ1) is 10.1. The minimum atomic E-state index is -0.380. The first-order valence-electron chi connectivity index (χ1n) is 7.54. The SMILES string of the molecule is CCCC(=O)NC(C)(Cc1ccccc1)c1ccccc1. The molecule has 0 aliphatic heterocycles. The highest BCUT2D eigenvalue weighted by molar-refractivity contribution is 5.77. The smallest absolute Gasteiger partial charge is 0.220 e. The van der Waals surface area contributed by atoms with Gasteiger partial charge >= 0.3 is 0 Å². The number of carbonyl (C=O) groups is 1. The van der Waals surface area contributed by atoms with Crippen LogP contribution < -0.4 is 5.32 Å². The van der Waals surface area contributed by atoms with Crippen LogP contribution in [0.5, 0.6) is 0 Å². The fourth-order valence-corrected chi connectivity index (χ4v) is 2.63. The van der Waals surface area contributed by atoms with Crippen molar-refractivity contribution in [3.63, 3.8) is 0 Å². The summed E-state index contributed by atoms with van der Waals surface area (Å²) in [6.45, 7) is 4.12. The molecule has 1 unspecified atom stereocenters. The lowest BCUT2D eigenvalue weighted by atomic mass is 9.85. The summed E-state index contributed by atoms with van der Waals surface area (Å²) in [5.74, 6) is 0.111. The second kappa shape index (κ2) is 7.07. The van der Waals surface area contributed by atoms with Gasteiger partial charge in [-0.2, -0.15) is 0 Å². The van der Waals surface area contributed by atoms with Crippen LogP contribution in [-0.2, 0) is 16.8 Å². The molecular weight excluding hydrogens is 258 g/mol. The molecule has 0 fully saturated rings. The zero-order chi connectivity index (χ0) is 15.1. The Morgan fingerprint density at radius 2 is 1.57 bits per heavy atom. The van der Waals surface area contributed by atoms with Crippen LogP contribution in [0.1, 0.15) is 37.8 Å². The molecule has 2 aromatic carbocycles. The molecule has 2 aromatic rings.